The van der Waals surface area contributed by atoms with Crippen LogP contribution in [-0.2, 0) is 19.5 Å². The van der Waals surface area contributed by atoms with Crippen molar-refractivity contribution in [3.63, 3.8) is 0 Å². The van der Waals surface area contributed by atoms with Crippen LogP contribution in [-0.4, -0.2) is 14.1 Å². The Balaban J connectivity index is 1.67. The Bertz CT molecular complexity index is 1100. The minimum atomic E-state index is 0.913. The van der Waals surface area contributed by atoms with E-state index in [1.165, 1.54) is 22.4 Å². The highest BCUT2D eigenvalue weighted by Gasteiger charge is 2.08. The number of imidazole rings is 1. The molecule has 148 valence electrons. The average molecular weight is 403 g/mol. The molecule has 0 aliphatic carbocycles. The van der Waals surface area contributed by atoms with Crippen molar-refractivity contribution in [2.45, 2.75) is 39.8 Å². The Morgan fingerprint density at radius 3 is 2.48 bits per heavy atom. The SMILES string of the molecule is CCc1ccc(N=c2scc(-c3ccc(C)cc3)n2CCCn2ccnc2)cc1. The Labute approximate surface area is 175 Å². The second kappa shape index (κ2) is 9.05. The summed E-state index contributed by atoms with van der Waals surface area (Å²) < 4.78 is 4.47. The van der Waals surface area contributed by atoms with Gasteiger partial charge in [0.2, 0.25) is 0 Å². The summed E-state index contributed by atoms with van der Waals surface area (Å²) in [5, 5.41) is 2.22. The van der Waals surface area contributed by atoms with Gasteiger partial charge < -0.3 is 9.13 Å². The summed E-state index contributed by atoms with van der Waals surface area (Å²) in [7, 11) is 0. The van der Waals surface area contributed by atoms with E-state index in [-0.39, 0.29) is 0 Å². The highest BCUT2D eigenvalue weighted by atomic mass is 32.1. The van der Waals surface area contributed by atoms with Gasteiger partial charge in [0.1, 0.15) is 0 Å². The molecule has 0 spiro atoms. The van der Waals surface area contributed by atoms with Crippen LogP contribution in [0.1, 0.15) is 24.5 Å². The number of hydrogen-bond acceptors (Lipinski definition) is 3. The van der Waals surface area contributed by atoms with Crippen LogP contribution in [0.4, 0.5) is 5.69 Å². The summed E-state index contributed by atoms with van der Waals surface area (Å²) >= 11 is 1.71. The molecule has 0 aliphatic heterocycles. The minimum Gasteiger partial charge on any atom is -0.337 e. The topological polar surface area (TPSA) is 35.1 Å². The van der Waals surface area contributed by atoms with E-state index in [4.69, 9.17) is 4.99 Å². The van der Waals surface area contributed by atoms with Crippen LogP contribution in [0.5, 0.6) is 0 Å². The van der Waals surface area contributed by atoms with Gasteiger partial charge in [0.25, 0.3) is 0 Å². The Hall–Kier alpha value is -2.92. The van der Waals surface area contributed by atoms with E-state index in [0.29, 0.717) is 0 Å². The van der Waals surface area contributed by atoms with Gasteiger partial charge in [0.05, 0.1) is 17.7 Å². The number of aromatic nitrogens is 3. The lowest BCUT2D eigenvalue weighted by molar-refractivity contribution is 0.559. The van der Waals surface area contributed by atoms with Crippen molar-refractivity contribution >= 4 is 17.0 Å². The molecule has 0 fully saturated rings. The number of benzene rings is 2. The van der Waals surface area contributed by atoms with Gasteiger partial charge in [0, 0.05) is 30.9 Å². The van der Waals surface area contributed by atoms with Crippen LogP contribution in [0.3, 0.4) is 0 Å². The fraction of sp³-hybridized carbons (Fsp3) is 0.250. The van der Waals surface area contributed by atoms with Crippen LogP contribution in [0, 0.1) is 6.92 Å². The Morgan fingerprint density at radius 1 is 1.00 bits per heavy atom. The van der Waals surface area contributed by atoms with E-state index >= 15 is 0 Å². The molecule has 2 aromatic carbocycles. The van der Waals surface area contributed by atoms with E-state index in [9.17, 15) is 0 Å². The number of nitrogens with zero attached hydrogens (tertiary/aromatic N) is 4. The lowest BCUT2D eigenvalue weighted by atomic mass is 10.1. The highest BCUT2D eigenvalue weighted by molar-refractivity contribution is 7.07. The maximum Gasteiger partial charge on any atom is 0.190 e. The Kier molecular flexibility index (Phi) is 6.06. The second-order valence-electron chi connectivity index (χ2n) is 7.21. The molecule has 4 aromatic rings. The molecule has 2 aromatic heterocycles. The number of thiazole rings is 1. The van der Waals surface area contributed by atoms with Crippen molar-refractivity contribution in [1.29, 1.82) is 0 Å². The molecule has 0 saturated heterocycles. The molecule has 0 atom stereocenters. The first-order valence-electron chi connectivity index (χ1n) is 10.1. The van der Waals surface area contributed by atoms with E-state index in [1.54, 1.807) is 11.3 Å². The molecule has 0 unspecified atom stereocenters. The average Bonchev–Trinajstić information content (AvgIpc) is 3.40. The van der Waals surface area contributed by atoms with Crippen molar-refractivity contribution < 1.29 is 0 Å². The van der Waals surface area contributed by atoms with Gasteiger partial charge in [-0.2, -0.15) is 0 Å². The summed E-state index contributed by atoms with van der Waals surface area (Å²) in [5.74, 6) is 0. The second-order valence-corrected chi connectivity index (χ2v) is 8.04. The van der Waals surface area contributed by atoms with Crippen molar-refractivity contribution in [2.75, 3.05) is 0 Å². The molecule has 29 heavy (non-hydrogen) atoms. The Morgan fingerprint density at radius 2 is 1.79 bits per heavy atom. The zero-order valence-corrected chi connectivity index (χ0v) is 17.8. The fourth-order valence-corrected chi connectivity index (χ4v) is 4.29. The summed E-state index contributed by atoms with van der Waals surface area (Å²) in [6, 6.07) is 17.3. The zero-order chi connectivity index (χ0) is 20.1. The number of hydrogen-bond donors (Lipinski definition) is 0. The van der Waals surface area contributed by atoms with Gasteiger partial charge in [-0.1, -0.05) is 48.9 Å². The molecule has 0 bridgehead atoms. The molecule has 2 heterocycles. The third-order valence-electron chi connectivity index (χ3n) is 5.07. The van der Waals surface area contributed by atoms with Gasteiger partial charge in [-0.3, -0.25) is 0 Å². The summed E-state index contributed by atoms with van der Waals surface area (Å²) in [6.07, 6.45) is 7.79. The summed E-state index contributed by atoms with van der Waals surface area (Å²) in [6.45, 7) is 6.16. The van der Waals surface area contributed by atoms with Gasteiger partial charge >= 0.3 is 0 Å². The van der Waals surface area contributed by atoms with Crippen LogP contribution < -0.4 is 4.80 Å². The van der Waals surface area contributed by atoms with Gasteiger partial charge in [-0.15, -0.1) is 11.3 Å². The van der Waals surface area contributed by atoms with Crippen LogP contribution in [0.15, 0.2) is 77.6 Å². The quantitative estimate of drug-likeness (QED) is 0.396. The molecule has 4 rings (SSSR count). The molecular formula is C24H26N4S. The third kappa shape index (κ3) is 4.74. The van der Waals surface area contributed by atoms with Crippen molar-refractivity contribution in [3.05, 3.63) is 88.6 Å². The van der Waals surface area contributed by atoms with Gasteiger partial charge in [0.15, 0.2) is 4.80 Å². The van der Waals surface area contributed by atoms with Crippen molar-refractivity contribution in [3.8, 4) is 11.3 Å². The first-order valence-corrected chi connectivity index (χ1v) is 11.0. The molecule has 4 nitrogen and oxygen atoms in total. The van der Waals surface area contributed by atoms with Crippen LogP contribution in [0.25, 0.3) is 11.3 Å². The van der Waals surface area contributed by atoms with Crippen LogP contribution in [0.2, 0.25) is 0 Å². The molecule has 0 amide bonds. The lowest BCUT2D eigenvalue weighted by Crippen LogP contribution is -2.17. The number of aryl methyl sites for hydroxylation is 3. The maximum atomic E-state index is 4.96. The zero-order valence-electron chi connectivity index (χ0n) is 17.0. The predicted molar refractivity (Wildman–Crippen MR) is 120 cm³/mol. The molecule has 0 radical (unpaired) electrons. The standard InChI is InChI=1S/C24H26N4S/c1-3-20-7-11-22(12-8-20)26-24-28(15-4-14-27-16-13-25-18-27)23(17-29-24)21-9-5-19(2)6-10-21/h5-13,16-18H,3-4,14-15H2,1-2H3. The van der Waals surface area contributed by atoms with Crippen LogP contribution >= 0.6 is 11.3 Å². The van der Waals surface area contributed by atoms with Gasteiger partial charge in [-0.05, 0) is 43.0 Å². The lowest BCUT2D eigenvalue weighted by Gasteiger charge is -2.10. The first-order chi connectivity index (χ1) is 14.2. The normalized spacial score (nSPS) is 11.9. The molecule has 0 saturated carbocycles. The first kappa shape index (κ1) is 19.4. The predicted octanol–water partition coefficient (Wildman–Crippen LogP) is 5.61. The summed E-state index contributed by atoms with van der Waals surface area (Å²) in [5.41, 5.74) is 6.07. The van der Waals surface area contributed by atoms with Gasteiger partial charge in [-0.25, -0.2) is 9.98 Å². The van der Waals surface area contributed by atoms with E-state index < -0.39 is 0 Å². The molecule has 5 heteroatoms. The fourth-order valence-electron chi connectivity index (χ4n) is 3.34. The minimum absolute atomic E-state index is 0.913. The highest BCUT2D eigenvalue weighted by Crippen LogP contribution is 2.22. The van der Waals surface area contributed by atoms with E-state index in [1.807, 2.05) is 18.7 Å². The molecule has 0 aliphatic rings. The number of rotatable bonds is 7. The maximum absolute atomic E-state index is 4.96. The van der Waals surface area contributed by atoms with Crippen molar-refractivity contribution in [2.24, 2.45) is 4.99 Å². The summed E-state index contributed by atoms with van der Waals surface area (Å²) in [4.78, 5) is 10.1. The van der Waals surface area contributed by atoms with Crippen molar-refractivity contribution in [1.82, 2.24) is 14.1 Å². The smallest absolute Gasteiger partial charge is 0.190 e. The largest absolute Gasteiger partial charge is 0.337 e. The molecular weight excluding hydrogens is 376 g/mol. The monoisotopic (exact) mass is 402 g/mol. The third-order valence-corrected chi connectivity index (χ3v) is 5.94. The van der Waals surface area contributed by atoms with E-state index in [2.05, 4.69) is 81.9 Å². The van der Waals surface area contributed by atoms with E-state index in [0.717, 1.165) is 36.4 Å². The molecule has 0 N–H and O–H groups in total.